The second-order valence-corrected chi connectivity index (χ2v) is 6.19. The van der Waals surface area contributed by atoms with E-state index >= 15 is 0 Å². The molecule has 1 aromatic carbocycles. The fourth-order valence-corrected chi connectivity index (χ4v) is 2.71. The lowest BCUT2D eigenvalue weighted by Crippen LogP contribution is -2.43. The van der Waals surface area contributed by atoms with Gasteiger partial charge in [-0.2, -0.15) is 0 Å². The largest absolute Gasteiger partial charge is 0.342 e. The Kier molecular flexibility index (Phi) is 5.22. The van der Waals surface area contributed by atoms with Gasteiger partial charge in [0.2, 0.25) is 11.8 Å². The van der Waals surface area contributed by atoms with E-state index in [0.717, 1.165) is 37.2 Å². The molecule has 0 atom stereocenters. The maximum absolute atomic E-state index is 12.8. The van der Waals surface area contributed by atoms with Crippen LogP contribution >= 0.6 is 0 Å². The molecule has 1 fully saturated rings. The molecule has 1 N–H and O–H groups in total. The van der Waals surface area contributed by atoms with Crippen LogP contribution in [0.25, 0.3) is 0 Å². The van der Waals surface area contributed by atoms with E-state index in [2.05, 4.69) is 19.2 Å². The lowest BCUT2D eigenvalue weighted by atomic mass is 10.0. The predicted molar refractivity (Wildman–Crippen MR) is 88.6 cm³/mol. The highest BCUT2D eigenvalue weighted by molar-refractivity contribution is 6.13. The summed E-state index contributed by atoms with van der Waals surface area (Å²) < 4.78 is 0. The summed E-state index contributed by atoms with van der Waals surface area (Å²) in [6.07, 6.45) is 3.16. The monoisotopic (exact) mass is 302 g/mol. The van der Waals surface area contributed by atoms with E-state index < -0.39 is 5.41 Å². The van der Waals surface area contributed by atoms with Crippen LogP contribution in [0.1, 0.15) is 45.1 Å². The summed E-state index contributed by atoms with van der Waals surface area (Å²) in [4.78, 5) is 27.2. The van der Waals surface area contributed by atoms with Gasteiger partial charge in [0.1, 0.15) is 5.41 Å². The first-order valence-corrected chi connectivity index (χ1v) is 8.21. The number of nitrogens with zero attached hydrogens (tertiary/aromatic N) is 1. The van der Waals surface area contributed by atoms with Crippen molar-refractivity contribution in [2.45, 2.75) is 46.5 Å². The Balaban J connectivity index is 2.07. The van der Waals surface area contributed by atoms with Crippen molar-refractivity contribution < 1.29 is 9.59 Å². The van der Waals surface area contributed by atoms with E-state index in [-0.39, 0.29) is 11.8 Å². The van der Waals surface area contributed by atoms with Crippen molar-refractivity contribution >= 4 is 17.5 Å². The Labute approximate surface area is 132 Å². The second-order valence-electron chi connectivity index (χ2n) is 6.19. The molecule has 0 bridgehead atoms. The van der Waals surface area contributed by atoms with Crippen molar-refractivity contribution in [3.63, 3.8) is 0 Å². The molecule has 0 aromatic heterocycles. The number of hydrogen-bond donors (Lipinski definition) is 1. The van der Waals surface area contributed by atoms with Crippen molar-refractivity contribution in [3.05, 3.63) is 29.8 Å². The van der Waals surface area contributed by atoms with Gasteiger partial charge < -0.3 is 10.2 Å². The van der Waals surface area contributed by atoms with Gasteiger partial charge in [0.05, 0.1) is 0 Å². The third-order valence-corrected chi connectivity index (χ3v) is 4.18. The fraction of sp³-hybridized carbons (Fsp3) is 0.556. The number of hydrogen-bond acceptors (Lipinski definition) is 2. The molecule has 0 spiro atoms. The second kappa shape index (κ2) is 6.95. The lowest BCUT2D eigenvalue weighted by molar-refractivity contribution is -0.142. The summed E-state index contributed by atoms with van der Waals surface area (Å²) in [5.74, 6) is -0.153. The van der Waals surface area contributed by atoms with Gasteiger partial charge in [-0.25, -0.2) is 0 Å². The Morgan fingerprint density at radius 3 is 2.09 bits per heavy atom. The van der Waals surface area contributed by atoms with Crippen LogP contribution in [0.15, 0.2) is 24.3 Å². The molecule has 0 heterocycles. The molecule has 0 saturated heterocycles. The number of carbonyl (C=O) groups is 2. The van der Waals surface area contributed by atoms with E-state index in [0.29, 0.717) is 12.8 Å². The molecule has 4 nitrogen and oxygen atoms in total. The SMILES string of the molecule is CCCN(CCC)C(=O)C1(C(=O)Nc2ccc(C)cc2)CC1. The Morgan fingerprint density at radius 2 is 1.64 bits per heavy atom. The summed E-state index contributed by atoms with van der Waals surface area (Å²) in [7, 11) is 0. The van der Waals surface area contributed by atoms with Gasteiger partial charge in [0.25, 0.3) is 0 Å². The summed E-state index contributed by atoms with van der Waals surface area (Å²) in [5.41, 5.74) is 1.08. The average molecular weight is 302 g/mol. The van der Waals surface area contributed by atoms with E-state index in [1.54, 1.807) is 0 Å². The summed E-state index contributed by atoms with van der Waals surface area (Å²) in [5, 5.41) is 2.91. The van der Waals surface area contributed by atoms with Crippen LogP contribution in [0, 0.1) is 12.3 Å². The molecular formula is C18H26N2O2. The van der Waals surface area contributed by atoms with Gasteiger partial charge in [-0.3, -0.25) is 9.59 Å². The molecule has 2 rings (SSSR count). The van der Waals surface area contributed by atoms with Crippen LogP contribution in [-0.2, 0) is 9.59 Å². The standard InChI is InChI=1S/C18H26N2O2/c1-4-12-20(13-5-2)17(22)18(10-11-18)16(21)19-15-8-6-14(3)7-9-15/h6-9H,4-5,10-13H2,1-3H3,(H,19,21). The minimum Gasteiger partial charge on any atom is -0.342 e. The van der Waals surface area contributed by atoms with Crippen LogP contribution in [0.5, 0.6) is 0 Å². The first-order chi connectivity index (χ1) is 10.5. The number of anilines is 1. The molecule has 2 amide bonds. The quantitative estimate of drug-likeness (QED) is 0.785. The van der Waals surface area contributed by atoms with Gasteiger partial charge >= 0.3 is 0 Å². The summed E-state index contributed by atoms with van der Waals surface area (Å²) >= 11 is 0. The van der Waals surface area contributed by atoms with Crippen LogP contribution in [-0.4, -0.2) is 29.8 Å². The molecule has 0 unspecified atom stereocenters. The van der Waals surface area contributed by atoms with Crippen molar-refractivity contribution in [1.82, 2.24) is 4.90 Å². The Hall–Kier alpha value is -1.84. The zero-order valence-electron chi connectivity index (χ0n) is 13.8. The van der Waals surface area contributed by atoms with Crippen molar-refractivity contribution in [3.8, 4) is 0 Å². The number of benzene rings is 1. The van der Waals surface area contributed by atoms with Gasteiger partial charge in [-0.05, 0) is 44.7 Å². The first-order valence-electron chi connectivity index (χ1n) is 8.21. The molecule has 1 aliphatic rings. The normalized spacial score (nSPS) is 15.2. The predicted octanol–water partition coefficient (Wildman–Crippen LogP) is 3.36. The first kappa shape index (κ1) is 16.5. The highest BCUT2D eigenvalue weighted by Gasteiger charge is 2.57. The smallest absolute Gasteiger partial charge is 0.240 e. The fourth-order valence-electron chi connectivity index (χ4n) is 2.71. The van der Waals surface area contributed by atoms with Gasteiger partial charge in [-0.15, -0.1) is 0 Å². The minimum absolute atomic E-state index is 0.000752. The number of rotatable bonds is 7. The third kappa shape index (κ3) is 3.49. The molecule has 4 heteroatoms. The minimum atomic E-state index is -0.824. The zero-order chi connectivity index (χ0) is 16.2. The van der Waals surface area contributed by atoms with Crippen LogP contribution in [0.2, 0.25) is 0 Å². The van der Waals surface area contributed by atoms with Crippen LogP contribution in [0.4, 0.5) is 5.69 Å². The highest BCUT2D eigenvalue weighted by Crippen LogP contribution is 2.48. The molecule has 1 aliphatic carbocycles. The van der Waals surface area contributed by atoms with Crippen molar-refractivity contribution in [1.29, 1.82) is 0 Å². The van der Waals surface area contributed by atoms with E-state index in [1.807, 2.05) is 36.1 Å². The zero-order valence-corrected chi connectivity index (χ0v) is 13.8. The van der Waals surface area contributed by atoms with E-state index in [9.17, 15) is 9.59 Å². The highest BCUT2D eigenvalue weighted by atomic mass is 16.2. The molecule has 1 saturated carbocycles. The summed E-state index contributed by atoms with van der Waals surface area (Å²) in [6.45, 7) is 7.58. The molecule has 0 radical (unpaired) electrons. The van der Waals surface area contributed by atoms with Crippen molar-refractivity contribution in [2.75, 3.05) is 18.4 Å². The molecule has 1 aromatic rings. The molecule has 120 valence electrons. The third-order valence-electron chi connectivity index (χ3n) is 4.18. The van der Waals surface area contributed by atoms with Gasteiger partial charge in [0, 0.05) is 18.8 Å². The summed E-state index contributed by atoms with van der Waals surface area (Å²) in [6, 6.07) is 7.67. The van der Waals surface area contributed by atoms with Crippen LogP contribution < -0.4 is 5.32 Å². The maximum atomic E-state index is 12.8. The molecule has 22 heavy (non-hydrogen) atoms. The Bertz CT molecular complexity index is 527. The van der Waals surface area contributed by atoms with E-state index in [4.69, 9.17) is 0 Å². The number of aryl methyl sites for hydroxylation is 1. The molecule has 0 aliphatic heterocycles. The topological polar surface area (TPSA) is 49.4 Å². The average Bonchev–Trinajstić information content (AvgIpc) is 3.30. The van der Waals surface area contributed by atoms with Crippen LogP contribution in [0.3, 0.4) is 0 Å². The van der Waals surface area contributed by atoms with Crippen molar-refractivity contribution in [2.24, 2.45) is 5.41 Å². The molecular weight excluding hydrogens is 276 g/mol. The van der Waals surface area contributed by atoms with E-state index in [1.165, 1.54) is 0 Å². The lowest BCUT2D eigenvalue weighted by Gasteiger charge is -2.26. The number of nitrogens with one attached hydrogen (secondary N) is 1. The number of amides is 2. The number of carbonyl (C=O) groups excluding carboxylic acids is 2. The maximum Gasteiger partial charge on any atom is 0.240 e. The van der Waals surface area contributed by atoms with Gasteiger partial charge in [-0.1, -0.05) is 31.5 Å². The Morgan fingerprint density at radius 1 is 1.09 bits per heavy atom. The van der Waals surface area contributed by atoms with Gasteiger partial charge in [0.15, 0.2) is 0 Å².